The highest BCUT2D eigenvalue weighted by Gasteiger charge is 2.28. The van der Waals surface area contributed by atoms with E-state index in [-0.39, 0.29) is 18.6 Å². The second-order valence-electron chi connectivity index (χ2n) is 4.02. The van der Waals surface area contributed by atoms with Gasteiger partial charge in [0.2, 0.25) is 0 Å². The molecular weight excluding hydrogens is 232 g/mol. The fourth-order valence-corrected chi connectivity index (χ4v) is 1.94. The fraction of sp³-hybridized carbons (Fsp3) is 0.800. The molecule has 16 heavy (non-hydrogen) atoms. The Kier molecular flexibility index (Phi) is 4.91. The van der Waals surface area contributed by atoms with Crippen LogP contribution >= 0.6 is 0 Å². The van der Waals surface area contributed by atoms with E-state index < -0.39 is 10.1 Å². The van der Waals surface area contributed by atoms with Gasteiger partial charge in [0.1, 0.15) is 0 Å². The molecule has 6 heteroatoms. The van der Waals surface area contributed by atoms with Crippen LogP contribution in [0.1, 0.15) is 12.8 Å². The van der Waals surface area contributed by atoms with Gasteiger partial charge in [-0.3, -0.25) is 4.18 Å². The quantitative estimate of drug-likeness (QED) is 0.561. The summed E-state index contributed by atoms with van der Waals surface area (Å²) in [6.07, 6.45) is 5.98. The highest BCUT2D eigenvalue weighted by molar-refractivity contribution is 7.85. The summed E-state index contributed by atoms with van der Waals surface area (Å²) >= 11 is 0. The summed E-state index contributed by atoms with van der Waals surface area (Å²) in [5.41, 5.74) is -0.279. The molecule has 94 valence electrons. The molecule has 0 saturated carbocycles. The van der Waals surface area contributed by atoms with E-state index in [0.29, 0.717) is 13.2 Å². The lowest BCUT2D eigenvalue weighted by atomic mass is 9.81. The molecule has 1 aliphatic rings. The summed E-state index contributed by atoms with van der Waals surface area (Å²) in [4.78, 5) is 0. The monoisotopic (exact) mass is 250 g/mol. The smallest absolute Gasteiger partial charge is 0.264 e. The van der Waals surface area contributed by atoms with Crippen molar-refractivity contribution in [2.45, 2.75) is 12.8 Å². The average molecular weight is 250 g/mol. The molecule has 0 aromatic rings. The van der Waals surface area contributed by atoms with Crippen LogP contribution < -0.4 is 0 Å². The summed E-state index contributed by atoms with van der Waals surface area (Å²) in [5.74, 6) is 0. The van der Waals surface area contributed by atoms with Gasteiger partial charge in [-0.2, -0.15) is 8.42 Å². The molecule has 0 atom stereocenters. The third-order valence-corrected chi connectivity index (χ3v) is 3.22. The summed E-state index contributed by atoms with van der Waals surface area (Å²) in [5, 5.41) is 9.33. The highest BCUT2D eigenvalue weighted by Crippen LogP contribution is 2.31. The Hall–Kier alpha value is -0.430. The van der Waals surface area contributed by atoms with Gasteiger partial charge in [0, 0.05) is 18.6 Å². The van der Waals surface area contributed by atoms with Gasteiger partial charge in [0.05, 0.1) is 19.5 Å². The molecule has 1 N–H and O–H groups in total. The minimum absolute atomic E-state index is 0.0153. The molecule has 1 fully saturated rings. The van der Waals surface area contributed by atoms with Gasteiger partial charge < -0.3 is 9.84 Å². The van der Waals surface area contributed by atoms with Crippen molar-refractivity contribution in [1.29, 1.82) is 0 Å². The molecule has 1 aliphatic heterocycles. The predicted molar refractivity (Wildman–Crippen MR) is 59.5 cm³/mol. The Morgan fingerprint density at radius 3 is 2.56 bits per heavy atom. The molecule has 0 unspecified atom stereocenters. The number of aliphatic hydroxyl groups excluding tert-OH is 1. The normalized spacial score (nSPS) is 21.4. The second kappa shape index (κ2) is 5.77. The van der Waals surface area contributed by atoms with Crippen molar-refractivity contribution < 1.29 is 22.4 Å². The first-order valence-electron chi connectivity index (χ1n) is 5.18. The number of ether oxygens (including phenoxy) is 1. The molecule has 0 aliphatic carbocycles. The van der Waals surface area contributed by atoms with Crippen molar-refractivity contribution in [2.75, 3.05) is 32.7 Å². The Morgan fingerprint density at radius 2 is 2.06 bits per heavy atom. The van der Waals surface area contributed by atoms with Crippen LogP contribution in [0.2, 0.25) is 0 Å². The summed E-state index contributed by atoms with van der Waals surface area (Å²) in [6, 6.07) is 0. The highest BCUT2D eigenvalue weighted by atomic mass is 32.2. The van der Waals surface area contributed by atoms with Gasteiger partial charge in [0.25, 0.3) is 10.1 Å². The van der Waals surface area contributed by atoms with Crippen LogP contribution in [0, 0.1) is 5.41 Å². The zero-order valence-corrected chi connectivity index (χ0v) is 10.2. The van der Waals surface area contributed by atoms with Crippen molar-refractivity contribution in [3.63, 3.8) is 0 Å². The van der Waals surface area contributed by atoms with Gasteiger partial charge in [0.15, 0.2) is 0 Å². The first-order chi connectivity index (χ1) is 7.47. The first-order valence-corrected chi connectivity index (χ1v) is 7.00. The summed E-state index contributed by atoms with van der Waals surface area (Å²) < 4.78 is 31.2. The van der Waals surface area contributed by atoms with Crippen LogP contribution in [-0.4, -0.2) is 46.2 Å². The standard InChI is InChI=1S/C10H18O5S/c1-16(12,13)15-6-2-3-10(9-11)4-7-14-8-5-10/h2-3,11H,4-9H2,1H3. The molecule has 0 aromatic carbocycles. The van der Waals surface area contributed by atoms with Crippen LogP contribution in [0.25, 0.3) is 0 Å². The summed E-state index contributed by atoms with van der Waals surface area (Å²) in [6.45, 7) is 1.31. The number of hydrogen-bond acceptors (Lipinski definition) is 5. The van der Waals surface area contributed by atoms with Crippen LogP contribution in [0.4, 0.5) is 0 Å². The number of hydrogen-bond donors (Lipinski definition) is 1. The maximum absolute atomic E-state index is 10.7. The van der Waals surface area contributed by atoms with E-state index in [1.54, 1.807) is 6.08 Å². The lowest BCUT2D eigenvalue weighted by Gasteiger charge is -2.32. The molecule has 0 radical (unpaired) electrons. The van der Waals surface area contributed by atoms with Crippen molar-refractivity contribution >= 4 is 10.1 Å². The molecular formula is C10H18O5S. The van der Waals surface area contributed by atoms with Gasteiger partial charge >= 0.3 is 0 Å². The number of aliphatic hydroxyl groups is 1. The first kappa shape index (κ1) is 13.6. The molecule has 0 spiro atoms. The molecule has 0 amide bonds. The van der Waals surface area contributed by atoms with Gasteiger partial charge in [-0.15, -0.1) is 0 Å². The SMILES string of the molecule is CS(=O)(=O)OCC=CC1(CO)CCOCC1. The Balaban J connectivity index is 2.46. The van der Waals surface area contributed by atoms with Crippen molar-refractivity contribution in [1.82, 2.24) is 0 Å². The molecule has 0 bridgehead atoms. The molecule has 1 heterocycles. The minimum Gasteiger partial charge on any atom is -0.395 e. The fourth-order valence-electron chi connectivity index (χ4n) is 1.62. The van der Waals surface area contributed by atoms with Crippen LogP contribution in [-0.2, 0) is 19.0 Å². The maximum Gasteiger partial charge on any atom is 0.264 e. The van der Waals surface area contributed by atoms with Crippen LogP contribution in [0.3, 0.4) is 0 Å². The van der Waals surface area contributed by atoms with E-state index >= 15 is 0 Å². The molecule has 5 nitrogen and oxygen atoms in total. The van der Waals surface area contributed by atoms with Gasteiger partial charge in [-0.1, -0.05) is 12.2 Å². The zero-order valence-electron chi connectivity index (χ0n) is 9.39. The predicted octanol–water partition coefficient (Wildman–Crippen LogP) is 0.308. The molecule has 0 aromatic heterocycles. The largest absolute Gasteiger partial charge is 0.395 e. The van der Waals surface area contributed by atoms with Crippen LogP contribution in [0.15, 0.2) is 12.2 Å². The van der Waals surface area contributed by atoms with Crippen molar-refractivity contribution in [3.8, 4) is 0 Å². The third-order valence-electron chi connectivity index (χ3n) is 2.65. The topological polar surface area (TPSA) is 72.8 Å². The Morgan fingerprint density at radius 1 is 1.44 bits per heavy atom. The number of rotatable bonds is 5. The minimum atomic E-state index is -3.39. The zero-order chi connectivity index (χ0) is 12.1. The molecule has 1 rings (SSSR count). The summed E-state index contributed by atoms with van der Waals surface area (Å²) in [7, 11) is -3.39. The van der Waals surface area contributed by atoms with E-state index in [1.165, 1.54) is 0 Å². The van der Waals surface area contributed by atoms with E-state index in [4.69, 9.17) is 4.74 Å². The molecule has 1 saturated heterocycles. The van der Waals surface area contributed by atoms with E-state index in [2.05, 4.69) is 4.18 Å². The lowest BCUT2D eigenvalue weighted by molar-refractivity contribution is 0.00975. The van der Waals surface area contributed by atoms with Crippen LogP contribution in [0.5, 0.6) is 0 Å². The van der Waals surface area contributed by atoms with E-state index in [0.717, 1.165) is 19.1 Å². The van der Waals surface area contributed by atoms with Gasteiger partial charge in [-0.05, 0) is 12.8 Å². The average Bonchev–Trinajstić information content (AvgIpc) is 2.25. The lowest BCUT2D eigenvalue weighted by Crippen LogP contribution is -2.31. The van der Waals surface area contributed by atoms with Gasteiger partial charge in [-0.25, -0.2) is 0 Å². The maximum atomic E-state index is 10.7. The Labute approximate surface area is 96.2 Å². The van der Waals surface area contributed by atoms with E-state index in [1.807, 2.05) is 6.08 Å². The Bertz CT molecular complexity index is 327. The van der Waals surface area contributed by atoms with Crippen molar-refractivity contribution in [2.24, 2.45) is 5.41 Å². The third kappa shape index (κ3) is 4.61. The second-order valence-corrected chi connectivity index (χ2v) is 5.67. The van der Waals surface area contributed by atoms with E-state index in [9.17, 15) is 13.5 Å². The van der Waals surface area contributed by atoms with Crippen molar-refractivity contribution in [3.05, 3.63) is 12.2 Å².